The number of fused-ring (bicyclic) bond motifs is 1. The minimum Gasteiger partial charge on any atom is -0.475 e. The summed E-state index contributed by atoms with van der Waals surface area (Å²) in [6.45, 7) is 0.388. The van der Waals surface area contributed by atoms with E-state index in [9.17, 15) is 39.5 Å². The molecular formula is C28H20ClF9N6O2. The zero-order valence-electron chi connectivity index (χ0n) is 23.0. The molecular weight excluding hydrogens is 659 g/mol. The summed E-state index contributed by atoms with van der Waals surface area (Å²) >= 11 is 5.91. The highest BCUT2D eigenvalue weighted by molar-refractivity contribution is 6.31. The second-order valence-corrected chi connectivity index (χ2v) is 9.92. The number of carboxylic acid groups (broad SMARTS) is 1. The van der Waals surface area contributed by atoms with Gasteiger partial charge >= 0.3 is 24.5 Å². The molecule has 1 aliphatic rings. The van der Waals surface area contributed by atoms with Gasteiger partial charge in [0.1, 0.15) is 17.3 Å². The van der Waals surface area contributed by atoms with Gasteiger partial charge in [0, 0.05) is 43.2 Å². The van der Waals surface area contributed by atoms with Crippen LogP contribution in [0.1, 0.15) is 22.4 Å². The Balaban J connectivity index is 0.000000617. The quantitative estimate of drug-likeness (QED) is 0.213. The van der Waals surface area contributed by atoms with Gasteiger partial charge in [-0.25, -0.2) is 19.7 Å². The Bertz CT molecular complexity index is 1700. The van der Waals surface area contributed by atoms with E-state index in [-0.39, 0.29) is 43.3 Å². The molecule has 4 aromatic rings. The number of aliphatic carboxylic acids is 1. The number of alkyl halides is 9. The second kappa shape index (κ2) is 13.4. The topological polar surface area (TPSA) is 104 Å². The van der Waals surface area contributed by atoms with E-state index in [1.807, 2.05) is 0 Å². The Morgan fingerprint density at radius 3 is 2.07 bits per heavy atom. The Morgan fingerprint density at radius 1 is 0.826 bits per heavy atom. The van der Waals surface area contributed by atoms with Crippen LogP contribution in [0.15, 0.2) is 60.9 Å². The number of nitrogens with zero attached hydrogens (tertiary/aromatic N) is 5. The first-order valence-electron chi connectivity index (χ1n) is 13.0. The normalized spacial score (nSPS) is 13.7. The molecule has 0 unspecified atom stereocenters. The highest BCUT2D eigenvalue weighted by atomic mass is 35.5. The van der Waals surface area contributed by atoms with E-state index in [2.05, 4.69) is 25.3 Å². The highest BCUT2D eigenvalue weighted by Crippen LogP contribution is 2.38. The molecule has 0 bridgehead atoms. The zero-order valence-corrected chi connectivity index (χ0v) is 23.7. The third kappa shape index (κ3) is 8.32. The van der Waals surface area contributed by atoms with Crippen LogP contribution >= 0.6 is 11.6 Å². The minimum absolute atomic E-state index is 0.181. The van der Waals surface area contributed by atoms with Crippen molar-refractivity contribution in [2.75, 3.05) is 23.3 Å². The molecule has 0 saturated carbocycles. The Kier molecular flexibility index (Phi) is 9.94. The summed E-state index contributed by atoms with van der Waals surface area (Å²) in [5.74, 6) is -2.38. The third-order valence-corrected chi connectivity index (χ3v) is 6.72. The van der Waals surface area contributed by atoms with Gasteiger partial charge in [-0.15, -0.1) is 0 Å². The van der Waals surface area contributed by atoms with Gasteiger partial charge in [0.25, 0.3) is 0 Å². The first-order chi connectivity index (χ1) is 21.4. The summed E-state index contributed by atoms with van der Waals surface area (Å²) in [5, 5.41) is 9.67. The van der Waals surface area contributed by atoms with E-state index in [1.165, 1.54) is 18.3 Å². The van der Waals surface area contributed by atoms with Crippen LogP contribution in [0.25, 0.3) is 11.5 Å². The number of nitrogens with one attached hydrogen (secondary N) is 1. The Labute approximate surface area is 258 Å². The van der Waals surface area contributed by atoms with Crippen molar-refractivity contribution in [2.45, 2.75) is 31.4 Å². The number of aromatic nitrogens is 4. The van der Waals surface area contributed by atoms with Crippen molar-refractivity contribution in [2.24, 2.45) is 0 Å². The molecule has 0 saturated heterocycles. The molecule has 8 nitrogen and oxygen atoms in total. The molecule has 0 amide bonds. The van der Waals surface area contributed by atoms with E-state index in [0.29, 0.717) is 22.8 Å². The molecule has 244 valence electrons. The van der Waals surface area contributed by atoms with Gasteiger partial charge in [0.2, 0.25) is 0 Å². The molecule has 4 heterocycles. The van der Waals surface area contributed by atoms with Crippen molar-refractivity contribution in [3.05, 3.63) is 88.3 Å². The van der Waals surface area contributed by atoms with Crippen molar-refractivity contribution in [1.82, 2.24) is 19.9 Å². The van der Waals surface area contributed by atoms with E-state index >= 15 is 0 Å². The van der Waals surface area contributed by atoms with Crippen LogP contribution in [0.2, 0.25) is 5.02 Å². The number of carboxylic acids is 1. The van der Waals surface area contributed by atoms with Crippen molar-refractivity contribution in [1.29, 1.82) is 0 Å². The van der Waals surface area contributed by atoms with Crippen LogP contribution in [0.5, 0.6) is 0 Å². The molecule has 18 heteroatoms. The van der Waals surface area contributed by atoms with Crippen molar-refractivity contribution in [3.63, 3.8) is 0 Å². The van der Waals surface area contributed by atoms with Crippen LogP contribution in [0.3, 0.4) is 0 Å². The van der Waals surface area contributed by atoms with Crippen molar-refractivity contribution < 1.29 is 49.4 Å². The second-order valence-electron chi connectivity index (χ2n) is 9.52. The first-order valence-corrected chi connectivity index (χ1v) is 13.3. The predicted octanol–water partition coefficient (Wildman–Crippen LogP) is 7.61. The van der Waals surface area contributed by atoms with Gasteiger partial charge in [-0.2, -0.15) is 39.5 Å². The summed E-state index contributed by atoms with van der Waals surface area (Å²) in [6, 6.07) is 10.6. The lowest BCUT2D eigenvalue weighted by Gasteiger charge is -2.24. The summed E-state index contributed by atoms with van der Waals surface area (Å²) in [5.41, 5.74) is 0.103. The maximum absolute atomic E-state index is 13.7. The molecule has 2 N–H and O–H groups in total. The van der Waals surface area contributed by atoms with E-state index in [1.54, 1.807) is 29.3 Å². The maximum Gasteiger partial charge on any atom is 0.490 e. The summed E-state index contributed by atoms with van der Waals surface area (Å²) in [4.78, 5) is 28.0. The van der Waals surface area contributed by atoms with E-state index in [4.69, 9.17) is 21.5 Å². The standard InChI is InChI=1S/C26H19ClF6N6.C2HF3O2/c27-19-14-15(6-7-17(19)25(28,29)30)36-22-16-8-12-39(24-18(26(31,32)33)4-3-11-35-24)13-9-20(16)37-23(38-22)21-5-1-2-10-34-21;3-2(4,5)1(6)7/h1-7,10-11,14H,8-9,12-13H2,(H,36,37,38);(H,6,7). The molecule has 0 aliphatic carbocycles. The fraction of sp³-hybridized carbons (Fsp3) is 0.250. The predicted molar refractivity (Wildman–Crippen MR) is 148 cm³/mol. The number of rotatable bonds is 4. The van der Waals surface area contributed by atoms with Crippen molar-refractivity contribution >= 4 is 34.9 Å². The fourth-order valence-electron chi connectivity index (χ4n) is 4.35. The number of carbonyl (C=O) groups is 1. The largest absolute Gasteiger partial charge is 0.490 e. The SMILES string of the molecule is FC(F)(F)c1ccc(Nc2nc(-c3ccccn3)nc3c2CCN(c2ncccc2C(F)(F)F)CC3)cc1Cl.O=C(O)C(F)(F)F. The number of halogens is 10. The average Bonchev–Trinajstić information content (AvgIpc) is 3.19. The summed E-state index contributed by atoms with van der Waals surface area (Å²) in [7, 11) is 0. The number of hydrogen-bond acceptors (Lipinski definition) is 7. The monoisotopic (exact) mass is 678 g/mol. The summed E-state index contributed by atoms with van der Waals surface area (Å²) in [6.07, 6.45) is -10.9. The van der Waals surface area contributed by atoms with Crippen LogP contribution in [-0.2, 0) is 30.0 Å². The average molecular weight is 679 g/mol. The zero-order chi connectivity index (χ0) is 33.9. The minimum atomic E-state index is -5.08. The van der Waals surface area contributed by atoms with Crippen LogP contribution in [0, 0.1) is 0 Å². The molecule has 5 rings (SSSR count). The first kappa shape index (κ1) is 34.2. The number of benzene rings is 1. The molecule has 1 aromatic carbocycles. The van der Waals surface area contributed by atoms with Gasteiger partial charge in [-0.1, -0.05) is 17.7 Å². The van der Waals surface area contributed by atoms with E-state index < -0.39 is 40.6 Å². The molecule has 0 fully saturated rings. The molecule has 0 atom stereocenters. The van der Waals surface area contributed by atoms with Crippen molar-refractivity contribution in [3.8, 4) is 11.5 Å². The third-order valence-electron chi connectivity index (χ3n) is 6.41. The molecule has 1 aliphatic heterocycles. The van der Waals surface area contributed by atoms with Gasteiger partial charge in [0.15, 0.2) is 5.82 Å². The summed E-state index contributed by atoms with van der Waals surface area (Å²) < 4.78 is 112. The molecule has 0 radical (unpaired) electrons. The lowest BCUT2D eigenvalue weighted by Crippen LogP contribution is -2.29. The van der Waals surface area contributed by atoms with Crippen LogP contribution < -0.4 is 10.2 Å². The number of anilines is 3. The maximum atomic E-state index is 13.7. The fourth-order valence-corrected chi connectivity index (χ4v) is 4.64. The molecule has 0 spiro atoms. The van der Waals surface area contributed by atoms with Crippen LogP contribution in [0.4, 0.5) is 56.8 Å². The van der Waals surface area contributed by atoms with Crippen LogP contribution in [-0.4, -0.2) is 50.3 Å². The van der Waals surface area contributed by atoms with Gasteiger partial charge in [-0.05, 0) is 48.9 Å². The van der Waals surface area contributed by atoms with Gasteiger partial charge < -0.3 is 15.3 Å². The number of pyridine rings is 2. The Morgan fingerprint density at radius 2 is 1.48 bits per heavy atom. The lowest BCUT2D eigenvalue weighted by atomic mass is 10.1. The van der Waals surface area contributed by atoms with E-state index in [0.717, 1.165) is 18.2 Å². The van der Waals surface area contributed by atoms with Gasteiger partial charge in [-0.3, -0.25) is 4.98 Å². The number of hydrogen-bond donors (Lipinski definition) is 2. The lowest BCUT2D eigenvalue weighted by molar-refractivity contribution is -0.192. The smallest absolute Gasteiger partial charge is 0.475 e. The molecule has 3 aromatic heterocycles. The molecule has 46 heavy (non-hydrogen) atoms. The highest BCUT2D eigenvalue weighted by Gasteiger charge is 2.38. The van der Waals surface area contributed by atoms with Gasteiger partial charge in [0.05, 0.1) is 21.8 Å². The Hall–Kier alpha value is -4.67.